The molecule has 2 nitrogen and oxygen atoms in total. The van der Waals surface area contributed by atoms with Gasteiger partial charge in [0.2, 0.25) is 5.69 Å². The Morgan fingerprint density at radius 3 is 2.35 bits per heavy atom. The Bertz CT molecular complexity index is 553. The SMILES string of the molecule is [O-][N+](=Cc1ccccc1)c1ccc(Cl)cc1Cl. The maximum absolute atomic E-state index is 11.9. The molecule has 2 aromatic rings. The predicted molar refractivity (Wildman–Crippen MR) is 71.4 cm³/mol. The molecule has 0 radical (unpaired) electrons. The highest BCUT2D eigenvalue weighted by Gasteiger charge is 2.08. The Morgan fingerprint density at radius 2 is 1.71 bits per heavy atom. The van der Waals surface area contributed by atoms with Crippen LogP contribution in [-0.2, 0) is 0 Å². The lowest BCUT2D eigenvalue weighted by atomic mass is 10.2. The smallest absolute Gasteiger partial charge is 0.235 e. The first-order chi connectivity index (χ1) is 8.16. The molecule has 17 heavy (non-hydrogen) atoms. The van der Waals surface area contributed by atoms with Crippen molar-refractivity contribution in [1.29, 1.82) is 0 Å². The molecule has 0 aliphatic heterocycles. The first-order valence-corrected chi connectivity index (χ1v) is 5.74. The number of hydrogen-bond acceptors (Lipinski definition) is 1. The van der Waals surface area contributed by atoms with Crippen LogP contribution in [0.3, 0.4) is 0 Å². The van der Waals surface area contributed by atoms with E-state index in [-0.39, 0.29) is 0 Å². The summed E-state index contributed by atoms with van der Waals surface area (Å²) in [5.74, 6) is 0. The quantitative estimate of drug-likeness (QED) is 0.345. The lowest BCUT2D eigenvalue weighted by molar-refractivity contribution is -0.354. The summed E-state index contributed by atoms with van der Waals surface area (Å²) in [7, 11) is 0. The van der Waals surface area contributed by atoms with Crippen LogP contribution in [0.2, 0.25) is 10.0 Å². The maximum atomic E-state index is 11.9. The fourth-order valence-corrected chi connectivity index (χ4v) is 1.90. The molecular formula is C13H9Cl2NO. The van der Waals surface area contributed by atoms with Crippen LogP contribution in [0.25, 0.3) is 0 Å². The van der Waals surface area contributed by atoms with Gasteiger partial charge in [-0.25, -0.2) is 0 Å². The molecule has 0 aliphatic rings. The minimum Gasteiger partial charge on any atom is -0.618 e. The standard InChI is InChI=1S/C13H9Cl2NO/c14-11-6-7-13(12(15)8-11)16(17)9-10-4-2-1-3-5-10/h1-9H. The topological polar surface area (TPSA) is 26.1 Å². The maximum Gasteiger partial charge on any atom is 0.235 e. The van der Waals surface area contributed by atoms with Gasteiger partial charge < -0.3 is 5.21 Å². The molecule has 0 saturated heterocycles. The van der Waals surface area contributed by atoms with Crippen LogP contribution in [0.1, 0.15) is 5.56 Å². The first kappa shape index (κ1) is 12.0. The molecule has 0 bridgehead atoms. The molecular weight excluding hydrogens is 257 g/mol. The Labute approximate surface area is 109 Å². The average molecular weight is 266 g/mol. The van der Waals surface area contributed by atoms with Crippen LogP contribution >= 0.6 is 23.2 Å². The van der Waals surface area contributed by atoms with E-state index in [2.05, 4.69) is 0 Å². The highest BCUT2D eigenvalue weighted by atomic mass is 35.5. The van der Waals surface area contributed by atoms with E-state index in [0.29, 0.717) is 15.7 Å². The van der Waals surface area contributed by atoms with Gasteiger partial charge in [-0.2, -0.15) is 4.74 Å². The number of nitrogens with zero attached hydrogens (tertiary/aromatic N) is 1. The molecule has 0 atom stereocenters. The van der Waals surface area contributed by atoms with Gasteiger partial charge in [-0.1, -0.05) is 41.4 Å². The van der Waals surface area contributed by atoms with E-state index in [1.807, 2.05) is 30.3 Å². The zero-order valence-corrected chi connectivity index (χ0v) is 10.3. The summed E-state index contributed by atoms with van der Waals surface area (Å²) in [6.07, 6.45) is 1.47. The number of hydrogen-bond donors (Lipinski definition) is 0. The molecule has 0 aromatic heterocycles. The molecule has 0 N–H and O–H groups in total. The zero-order valence-electron chi connectivity index (χ0n) is 8.81. The Kier molecular flexibility index (Phi) is 3.67. The molecule has 86 valence electrons. The lowest BCUT2D eigenvalue weighted by Gasteiger charge is -2.04. The van der Waals surface area contributed by atoms with E-state index in [9.17, 15) is 5.21 Å². The summed E-state index contributed by atoms with van der Waals surface area (Å²) >= 11 is 11.7. The fourth-order valence-electron chi connectivity index (χ4n) is 1.40. The third-order valence-corrected chi connectivity index (χ3v) is 2.75. The molecule has 0 fully saturated rings. The van der Waals surface area contributed by atoms with Gasteiger partial charge in [-0.05, 0) is 24.3 Å². The third kappa shape index (κ3) is 2.99. The summed E-state index contributed by atoms with van der Waals surface area (Å²) in [5.41, 5.74) is 1.19. The third-order valence-electron chi connectivity index (χ3n) is 2.21. The Hall–Kier alpha value is -1.51. The van der Waals surface area contributed by atoms with Crippen LogP contribution in [-0.4, -0.2) is 11.0 Å². The Morgan fingerprint density at radius 1 is 1.00 bits per heavy atom. The highest BCUT2D eigenvalue weighted by molar-refractivity contribution is 6.35. The van der Waals surface area contributed by atoms with Crippen LogP contribution in [0, 0.1) is 5.21 Å². The lowest BCUT2D eigenvalue weighted by Crippen LogP contribution is -1.99. The fraction of sp³-hybridized carbons (Fsp3) is 0. The normalized spacial score (nSPS) is 11.5. The largest absolute Gasteiger partial charge is 0.618 e. The van der Waals surface area contributed by atoms with E-state index in [0.717, 1.165) is 10.3 Å². The van der Waals surface area contributed by atoms with Crippen molar-refractivity contribution in [2.75, 3.05) is 0 Å². The van der Waals surface area contributed by atoms with Crippen LogP contribution in [0.5, 0.6) is 0 Å². The monoisotopic (exact) mass is 265 g/mol. The van der Waals surface area contributed by atoms with E-state index >= 15 is 0 Å². The molecule has 4 heteroatoms. The van der Waals surface area contributed by atoms with E-state index < -0.39 is 0 Å². The van der Waals surface area contributed by atoms with Crippen LogP contribution in [0.4, 0.5) is 5.69 Å². The summed E-state index contributed by atoms with van der Waals surface area (Å²) in [5, 5.41) is 12.7. The molecule has 0 aliphatic carbocycles. The van der Waals surface area contributed by atoms with Gasteiger partial charge in [0.25, 0.3) is 0 Å². The highest BCUT2D eigenvalue weighted by Crippen LogP contribution is 2.27. The number of halogens is 2. The van der Waals surface area contributed by atoms with Crippen molar-refractivity contribution in [3.63, 3.8) is 0 Å². The number of benzene rings is 2. The summed E-state index contributed by atoms with van der Waals surface area (Å²) in [6, 6.07) is 14.1. The van der Waals surface area contributed by atoms with Crippen molar-refractivity contribution >= 4 is 35.1 Å². The first-order valence-electron chi connectivity index (χ1n) is 4.98. The van der Waals surface area contributed by atoms with Crippen molar-refractivity contribution in [3.8, 4) is 0 Å². The second kappa shape index (κ2) is 5.21. The van der Waals surface area contributed by atoms with Crippen molar-refractivity contribution in [2.24, 2.45) is 0 Å². The van der Waals surface area contributed by atoms with Crippen LogP contribution < -0.4 is 0 Å². The summed E-state index contributed by atoms with van der Waals surface area (Å²) < 4.78 is 0.730. The van der Waals surface area contributed by atoms with E-state index in [4.69, 9.17) is 23.2 Å². The molecule has 0 spiro atoms. The molecule has 0 amide bonds. The molecule has 2 aromatic carbocycles. The number of rotatable bonds is 2. The van der Waals surface area contributed by atoms with Gasteiger partial charge in [0, 0.05) is 16.7 Å². The average Bonchev–Trinajstić information content (AvgIpc) is 2.30. The van der Waals surface area contributed by atoms with Gasteiger partial charge in [0.15, 0.2) is 6.21 Å². The van der Waals surface area contributed by atoms with Gasteiger partial charge in [-0.15, -0.1) is 0 Å². The van der Waals surface area contributed by atoms with Gasteiger partial charge in [-0.3, -0.25) is 0 Å². The van der Waals surface area contributed by atoms with Crippen molar-refractivity contribution in [3.05, 3.63) is 69.3 Å². The van der Waals surface area contributed by atoms with Gasteiger partial charge >= 0.3 is 0 Å². The predicted octanol–water partition coefficient (Wildman–Crippen LogP) is 4.25. The Balaban J connectivity index is 2.37. The zero-order chi connectivity index (χ0) is 12.3. The van der Waals surface area contributed by atoms with E-state index in [1.54, 1.807) is 18.2 Å². The summed E-state index contributed by atoms with van der Waals surface area (Å²) in [4.78, 5) is 0. The minimum atomic E-state index is 0.333. The van der Waals surface area contributed by atoms with Crippen molar-refractivity contribution in [1.82, 2.24) is 0 Å². The molecule has 0 unspecified atom stereocenters. The van der Waals surface area contributed by atoms with E-state index in [1.165, 1.54) is 6.21 Å². The van der Waals surface area contributed by atoms with Crippen LogP contribution in [0.15, 0.2) is 48.5 Å². The second-order valence-corrected chi connectivity index (χ2v) is 4.30. The van der Waals surface area contributed by atoms with Crippen molar-refractivity contribution < 1.29 is 4.74 Å². The van der Waals surface area contributed by atoms with Crippen molar-refractivity contribution in [2.45, 2.75) is 0 Å². The molecule has 0 saturated carbocycles. The van der Waals surface area contributed by atoms with Gasteiger partial charge in [0.1, 0.15) is 5.02 Å². The second-order valence-electron chi connectivity index (χ2n) is 3.46. The summed E-state index contributed by atoms with van der Waals surface area (Å²) in [6.45, 7) is 0. The molecule has 2 rings (SSSR count). The minimum absolute atomic E-state index is 0.333. The molecule has 0 heterocycles. The van der Waals surface area contributed by atoms with Gasteiger partial charge in [0.05, 0.1) is 0 Å².